The third-order valence-electron chi connectivity index (χ3n) is 5.01. The van der Waals surface area contributed by atoms with Crippen LogP contribution in [0.5, 0.6) is 0 Å². The maximum absolute atomic E-state index is 6.95. The molecule has 0 aliphatic heterocycles. The lowest BCUT2D eigenvalue weighted by molar-refractivity contribution is 0.205. The number of unbranched alkanes of at least 4 members (excludes halogenated alkanes) is 3. The van der Waals surface area contributed by atoms with Crippen molar-refractivity contribution in [3.05, 3.63) is 35.4 Å². The van der Waals surface area contributed by atoms with Crippen molar-refractivity contribution in [2.24, 2.45) is 0 Å². The van der Waals surface area contributed by atoms with Gasteiger partial charge in [0, 0.05) is 0 Å². The van der Waals surface area contributed by atoms with E-state index in [1.54, 1.807) is 0 Å². The van der Waals surface area contributed by atoms with Gasteiger partial charge in [0.1, 0.15) is 0 Å². The van der Waals surface area contributed by atoms with Crippen molar-refractivity contribution >= 4 is 8.32 Å². The van der Waals surface area contributed by atoms with E-state index in [1.807, 2.05) is 0 Å². The second-order valence-electron chi connectivity index (χ2n) is 7.11. The summed E-state index contributed by atoms with van der Waals surface area (Å²) < 4.78 is 6.95. The lowest BCUT2D eigenvalue weighted by Crippen LogP contribution is -2.39. The molecule has 2 heteroatoms. The first-order chi connectivity index (χ1) is 11.1. The van der Waals surface area contributed by atoms with E-state index >= 15 is 0 Å². The lowest BCUT2D eigenvalue weighted by atomic mass is 10.1. The number of aryl methyl sites for hydroxylation is 1. The highest BCUT2D eigenvalue weighted by molar-refractivity contribution is 6.73. The van der Waals surface area contributed by atoms with Gasteiger partial charge in [-0.3, -0.25) is 0 Å². The fourth-order valence-electron chi connectivity index (χ4n) is 3.53. The van der Waals surface area contributed by atoms with E-state index in [0.717, 1.165) is 0 Å². The summed E-state index contributed by atoms with van der Waals surface area (Å²) in [7, 11) is -1.63. The molecule has 0 saturated heterocycles. The van der Waals surface area contributed by atoms with E-state index in [9.17, 15) is 0 Å². The van der Waals surface area contributed by atoms with Crippen LogP contribution in [0.4, 0.5) is 0 Å². The third-order valence-corrected chi connectivity index (χ3v) is 9.66. The summed E-state index contributed by atoms with van der Waals surface area (Å²) in [6.45, 7) is 11.4. The maximum atomic E-state index is 6.95. The van der Waals surface area contributed by atoms with Crippen molar-refractivity contribution < 1.29 is 4.43 Å². The van der Waals surface area contributed by atoms with E-state index in [4.69, 9.17) is 4.43 Å². The fourth-order valence-corrected chi connectivity index (χ4v) is 8.50. The highest BCUT2D eigenvalue weighted by atomic mass is 28.4. The Morgan fingerprint density at radius 2 is 1.35 bits per heavy atom. The molecule has 0 aliphatic carbocycles. The molecular formula is C21H38OSi. The Morgan fingerprint density at radius 1 is 0.870 bits per heavy atom. The zero-order chi connectivity index (χ0) is 17.1. The first-order valence-electron chi connectivity index (χ1n) is 9.82. The van der Waals surface area contributed by atoms with Crippen LogP contribution in [0.3, 0.4) is 0 Å². The molecule has 0 saturated carbocycles. The number of hydrogen-bond acceptors (Lipinski definition) is 1. The van der Waals surface area contributed by atoms with Crippen LogP contribution in [0, 0.1) is 6.92 Å². The van der Waals surface area contributed by atoms with Crippen LogP contribution in [0.1, 0.15) is 83.5 Å². The number of rotatable bonds is 12. The Bertz CT molecular complexity index is 408. The molecule has 0 aliphatic rings. The molecule has 132 valence electrons. The second kappa shape index (κ2) is 11.0. The molecule has 0 bridgehead atoms. The van der Waals surface area contributed by atoms with Gasteiger partial charge in [-0.2, -0.15) is 0 Å². The van der Waals surface area contributed by atoms with Gasteiger partial charge in [0.25, 0.3) is 0 Å². The normalized spacial score (nSPS) is 13.3. The molecule has 1 nitrogen and oxygen atoms in total. The fraction of sp³-hybridized carbons (Fsp3) is 0.714. The topological polar surface area (TPSA) is 9.23 Å². The highest BCUT2D eigenvalue weighted by Gasteiger charge is 2.35. The molecular weight excluding hydrogens is 296 g/mol. The summed E-state index contributed by atoms with van der Waals surface area (Å²) in [5, 5.41) is 0. The molecule has 1 rings (SSSR count). The van der Waals surface area contributed by atoms with Crippen LogP contribution in [0.2, 0.25) is 18.1 Å². The van der Waals surface area contributed by atoms with E-state index in [2.05, 4.69) is 58.9 Å². The Balaban J connectivity index is 2.93. The molecule has 0 fully saturated rings. The summed E-state index contributed by atoms with van der Waals surface area (Å²) in [6, 6.07) is 12.8. The molecule has 1 atom stereocenters. The zero-order valence-corrected chi connectivity index (χ0v) is 17.2. The molecule has 0 spiro atoms. The van der Waals surface area contributed by atoms with Crippen LogP contribution in [0.25, 0.3) is 0 Å². The molecule has 0 aromatic heterocycles. The highest BCUT2D eigenvalue weighted by Crippen LogP contribution is 2.35. The van der Waals surface area contributed by atoms with Crippen molar-refractivity contribution in [3.8, 4) is 0 Å². The quantitative estimate of drug-likeness (QED) is 0.361. The molecule has 0 unspecified atom stereocenters. The monoisotopic (exact) mass is 334 g/mol. The van der Waals surface area contributed by atoms with Crippen LogP contribution in [-0.4, -0.2) is 8.32 Å². The largest absolute Gasteiger partial charge is 0.410 e. The van der Waals surface area contributed by atoms with Crippen LogP contribution in [-0.2, 0) is 4.43 Å². The van der Waals surface area contributed by atoms with Gasteiger partial charge in [0.2, 0.25) is 0 Å². The summed E-state index contributed by atoms with van der Waals surface area (Å²) in [4.78, 5) is 0. The summed E-state index contributed by atoms with van der Waals surface area (Å²) >= 11 is 0. The standard InChI is InChI=1S/C21H38OSi/c1-6-9-16-23(17-10-7-2,18-11-8-3)22-20(5)21-15-13-12-14-19(21)4/h12-15,20H,6-11,16-18H2,1-5H3/t20-/m0/s1. The van der Waals surface area contributed by atoms with Crippen molar-refractivity contribution in [3.63, 3.8) is 0 Å². The van der Waals surface area contributed by atoms with E-state index < -0.39 is 8.32 Å². The Labute approximate surface area is 146 Å². The first-order valence-corrected chi connectivity index (χ1v) is 12.3. The van der Waals surface area contributed by atoms with Gasteiger partial charge < -0.3 is 4.43 Å². The van der Waals surface area contributed by atoms with Gasteiger partial charge in [-0.25, -0.2) is 0 Å². The zero-order valence-electron chi connectivity index (χ0n) is 16.2. The molecule has 0 radical (unpaired) electrons. The number of hydrogen-bond donors (Lipinski definition) is 0. The van der Waals surface area contributed by atoms with Crippen molar-refractivity contribution in [1.82, 2.24) is 0 Å². The van der Waals surface area contributed by atoms with Gasteiger partial charge in [0.05, 0.1) is 6.10 Å². The van der Waals surface area contributed by atoms with Crippen molar-refractivity contribution in [1.29, 1.82) is 0 Å². The molecule has 1 aromatic rings. The van der Waals surface area contributed by atoms with E-state index in [0.29, 0.717) is 0 Å². The third kappa shape index (κ3) is 6.80. The van der Waals surface area contributed by atoms with Crippen LogP contribution < -0.4 is 0 Å². The Kier molecular flexibility index (Phi) is 9.81. The van der Waals surface area contributed by atoms with Gasteiger partial charge >= 0.3 is 0 Å². The van der Waals surface area contributed by atoms with Crippen LogP contribution in [0.15, 0.2) is 24.3 Å². The second-order valence-corrected chi connectivity index (χ2v) is 11.2. The van der Waals surface area contributed by atoms with Crippen molar-refractivity contribution in [2.75, 3.05) is 0 Å². The van der Waals surface area contributed by atoms with Gasteiger partial charge in [-0.05, 0) is 43.1 Å². The molecule has 23 heavy (non-hydrogen) atoms. The summed E-state index contributed by atoms with van der Waals surface area (Å²) in [5.74, 6) is 0. The average molecular weight is 335 g/mol. The summed E-state index contributed by atoms with van der Waals surface area (Å²) in [6.07, 6.45) is 8.10. The van der Waals surface area contributed by atoms with Crippen molar-refractivity contribution in [2.45, 2.75) is 97.4 Å². The predicted molar refractivity (Wildman–Crippen MR) is 106 cm³/mol. The maximum Gasteiger partial charge on any atom is 0.193 e. The Morgan fingerprint density at radius 3 is 1.78 bits per heavy atom. The predicted octanol–water partition coefficient (Wildman–Crippen LogP) is 7.42. The first kappa shape index (κ1) is 20.4. The van der Waals surface area contributed by atoms with Gasteiger partial charge in [-0.1, -0.05) is 83.6 Å². The molecule has 0 N–H and O–H groups in total. The molecule has 0 heterocycles. The molecule has 1 aromatic carbocycles. The smallest absolute Gasteiger partial charge is 0.193 e. The minimum atomic E-state index is -1.63. The van der Waals surface area contributed by atoms with Crippen LogP contribution >= 0.6 is 0 Å². The summed E-state index contributed by atoms with van der Waals surface area (Å²) in [5.41, 5.74) is 2.75. The van der Waals surface area contributed by atoms with Gasteiger partial charge in [0.15, 0.2) is 8.32 Å². The minimum absolute atomic E-state index is 0.244. The van der Waals surface area contributed by atoms with Gasteiger partial charge in [-0.15, -0.1) is 0 Å². The minimum Gasteiger partial charge on any atom is -0.410 e. The van der Waals surface area contributed by atoms with E-state index in [1.165, 1.54) is 67.8 Å². The number of benzene rings is 1. The van der Waals surface area contributed by atoms with E-state index in [-0.39, 0.29) is 6.10 Å². The Hall–Kier alpha value is -0.603. The molecule has 0 amide bonds. The SMILES string of the molecule is CCCC[Si](CCCC)(CCCC)O[C@@H](C)c1ccccc1C. The average Bonchev–Trinajstić information content (AvgIpc) is 2.56. The lowest BCUT2D eigenvalue weighted by Gasteiger charge is -2.35.